The molecule has 0 radical (unpaired) electrons. The first kappa shape index (κ1) is 51.2. The van der Waals surface area contributed by atoms with E-state index in [0.29, 0.717) is 0 Å². The van der Waals surface area contributed by atoms with Crippen LogP contribution < -0.4 is 5.32 Å². The van der Waals surface area contributed by atoms with Crippen molar-refractivity contribution < 1.29 is 62.4 Å². The Hall–Kier alpha value is -3.83. The number of amides is 1. The van der Waals surface area contributed by atoms with Crippen molar-refractivity contribution in [2.75, 3.05) is 58.9 Å². The summed E-state index contributed by atoms with van der Waals surface area (Å²) in [6.45, 7) is 23.1. The summed E-state index contributed by atoms with van der Waals surface area (Å²) in [6, 6.07) is -1.32. The second kappa shape index (κ2) is 21.5. The van der Waals surface area contributed by atoms with Gasteiger partial charge >= 0.3 is 35.8 Å². The van der Waals surface area contributed by atoms with Gasteiger partial charge in [0.05, 0.1) is 32.6 Å². The van der Waals surface area contributed by atoms with Gasteiger partial charge in [-0.25, -0.2) is 0 Å². The first-order valence-corrected chi connectivity index (χ1v) is 18.4. The number of ether oxygens (including phenoxy) is 5. The van der Waals surface area contributed by atoms with Crippen LogP contribution in [0.4, 0.5) is 0 Å². The number of nitrogens with one attached hydrogen (secondary N) is 1. The highest BCUT2D eigenvalue weighted by Crippen LogP contribution is 2.17. The van der Waals surface area contributed by atoms with Crippen molar-refractivity contribution in [1.29, 1.82) is 0 Å². The Morgan fingerprint density at radius 1 is 0.491 bits per heavy atom. The Kier molecular flexibility index (Phi) is 20.0. The zero-order valence-corrected chi connectivity index (χ0v) is 35.8. The van der Waals surface area contributed by atoms with Gasteiger partial charge in [-0.1, -0.05) is 0 Å². The lowest BCUT2D eigenvalue weighted by Crippen LogP contribution is -2.53. The molecule has 0 saturated carbocycles. The van der Waals surface area contributed by atoms with Crippen LogP contribution in [0.5, 0.6) is 0 Å². The van der Waals surface area contributed by atoms with Crippen molar-refractivity contribution >= 4 is 41.7 Å². The van der Waals surface area contributed by atoms with Crippen molar-refractivity contribution in [1.82, 2.24) is 20.0 Å². The van der Waals surface area contributed by atoms with Crippen molar-refractivity contribution in [3.8, 4) is 0 Å². The smallest absolute Gasteiger partial charge is 0.324 e. The van der Waals surface area contributed by atoms with E-state index in [1.807, 2.05) is 0 Å². The van der Waals surface area contributed by atoms with Gasteiger partial charge < -0.3 is 34.1 Å². The second-order valence-electron chi connectivity index (χ2n) is 18.2. The first-order valence-electron chi connectivity index (χ1n) is 18.4. The minimum Gasteiger partial charge on any atom is -0.480 e. The molecule has 0 aliphatic heterocycles. The summed E-state index contributed by atoms with van der Waals surface area (Å²) in [5, 5.41) is 11.4. The average Bonchev–Trinajstić information content (AvgIpc) is 2.89. The van der Waals surface area contributed by atoms with Crippen molar-refractivity contribution in [2.24, 2.45) is 0 Å². The van der Waals surface area contributed by atoms with E-state index in [9.17, 15) is 33.6 Å². The van der Waals surface area contributed by atoms with Gasteiger partial charge in [0, 0.05) is 26.2 Å². The minimum absolute atomic E-state index is 0.0351. The van der Waals surface area contributed by atoms with E-state index in [0.717, 1.165) is 0 Å². The number of esters is 5. The monoisotopic (exact) mass is 788 g/mol. The molecule has 0 bridgehead atoms. The Labute approximate surface area is 327 Å². The Bertz CT molecular complexity index is 1190. The highest BCUT2D eigenvalue weighted by atomic mass is 16.6. The third kappa shape index (κ3) is 28.3. The van der Waals surface area contributed by atoms with Crippen LogP contribution in [0.25, 0.3) is 0 Å². The molecule has 55 heavy (non-hydrogen) atoms. The van der Waals surface area contributed by atoms with E-state index >= 15 is 0 Å². The number of carboxylic acid groups (broad SMARTS) is 1. The van der Waals surface area contributed by atoms with E-state index in [2.05, 4.69) is 5.32 Å². The highest BCUT2D eigenvalue weighted by Gasteiger charge is 2.34. The van der Waals surface area contributed by atoms with Crippen LogP contribution in [0.2, 0.25) is 0 Å². The fourth-order valence-corrected chi connectivity index (χ4v) is 4.77. The number of carboxylic acids is 1. The van der Waals surface area contributed by atoms with Gasteiger partial charge in [0.2, 0.25) is 5.91 Å². The first-order chi connectivity index (χ1) is 24.6. The van der Waals surface area contributed by atoms with E-state index in [1.165, 1.54) is 9.80 Å². The lowest BCUT2D eigenvalue weighted by molar-refractivity contribution is -0.165. The molecule has 1 amide bonds. The normalized spacial score (nSPS) is 13.3. The maximum Gasteiger partial charge on any atom is 0.324 e. The molecule has 1 unspecified atom stereocenters. The molecule has 0 saturated heterocycles. The highest BCUT2D eigenvalue weighted by molar-refractivity contribution is 5.87. The van der Waals surface area contributed by atoms with Gasteiger partial charge in [0.1, 0.15) is 40.6 Å². The maximum atomic E-state index is 13.8. The zero-order chi connectivity index (χ0) is 43.2. The van der Waals surface area contributed by atoms with Crippen LogP contribution in [-0.2, 0) is 57.2 Å². The molecular formula is C38H68N4O13. The number of rotatable bonds is 20. The lowest BCUT2D eigenvalue weighted by atomic mass is 10.1. The third-order valence-electron chi connectivity index (χ3n) is 6.43. The molecule has 0 rings (SSSR count). The van der Waals surface area contributed by atoms with Crippen molar-refractivity contribution in [3.63, 3.8) is 0 Å². The predicted molar refractivity (Wildman–Crippen MR) is 203 cm³/mol. The standard InChI is InChI=1S/C38H68N4O13/c1-34(2,3)51-29(46)22-40(23-30(47)52-35(4,5)6)16-18-42(26(33(50)55-38(13,14)15)20-27(43)39-21-28(44)45)19-17-41(24-31(48)53-36(7,8)9)25-32(49)54-37(10,11)12/h26H,16-25H2,1-15H3,(H,39,43)(H,44,45). The van der Waals surface area contributed by atoms with Gasteiger partial charge in [-0.05, 0) is 104 Å². The maximum absolute atomic E-state index is 13.8. The van der Waals surface area contributed by atoms with E-state index < -0.39 is 88.7 Å². The molecule has 2 N–H and O–H groups in total. The lowest BCUT2D eigenvalue weighted by Gasteiger charge is -2.35. The van der Waals surface area contributed by atoms with Gasteiger partial charge in [-0.3, -0.25) is 48.3 Å². The molecule has 0 heterocycles. The average molecular weight is 789 g/mol. The van der Waals surface area contributed by atoms with Crippen molar-refractivity contribution in [3.05, 3.63) is 0 Å². The summed E-state index contributed by atoms with van der Waals surface area (Å²) in [4.78, 5) is 94.5. The van der Waals surface area contributed by atoms with E-state index in [1.54, 1.807) is 109 Å². The predicted octanol–water partition coefficient (Wildman–Crippen LogP) is 2.56. The van der Waals surface area contributed by atoms with Gasteiger partial charge in [-0.15, -0.1) is 0 Å². The van der Waals surface area contributed by atoms with Gasteiger partial charge in [0.15, 0.2) is 0 Å². The number of hydrogen-bond donors (Lipinski definition) is 2. The van der Waals surface area contributed by atoms with Crippen LogP contribution >= 0.6 is 0 Å². The molecule has 17 heteroatoms. The molecule has 0 fully saturated rings. The third-order valence-corrected chi connectivity index (χ3v) is 6.43. The summed E-state index contributed by atoms with van der Waals surface area (Å²) in [5.41, 5.74) is -4.28. The molecule has 0 aromatic carbocycles. The molecule has 318 valence electrons. The van der Waals surface area contributed by atoms with Crippen LogP contribution in [-0.4, -0.2) is 154 Å². The van der Waals surface area contributed by atoms with Crippen LogP contribution in [0.3, 0.4) is 0 Å². The number of carbonyl (C=O) groups is 7. The molecule has 17 nitrogen and oxygen atoms in total. The quantitative estimate of drug-likeness (QED) is 0.134. The Balaban J connectivity index is 6.97. The topological polar surface area (TPSA) is 208 Å². The molecule has 0 spiro atoms. The SMILES string of the molecule is CC(C)(C)OC(=O)CN(CCN(CCN(CC(=O)OC(C)(C)C)CC(=O)OC(C)(C)C)C(CC(=O)NCC(=O)O)C(=O)OC(C)(C)C)CC(=O)OC(C)(C)C. The van der Waals surface area contributed by atoms with Crippen molar-refractivity contribution in [2.45, 2.75) is 144 Å². The Morgan fingerprint density at radius 2 is 0.782 bits per heavy atom. The zero-order valence-electron chi connectivity index (χ0n) is 35.8. The van der Waals surface area contributed by atoms with Crippen LogP contribution in [0.15, 0.2) is 0 Å². The van der Waals surface area contributed by atoms with Crippen LogP contribution in [0, 0.1) is 0 Å². The largest absolute Gasteiger partial charge is 0.480 e. The van der Waals surface area contributed by atoms with Gasteiger partial charge in [-0.2, -0.15) is 0 Å². The molecule has 0 aliphatic rings. The fourth-order valence-electron chi connectivity index (χ4n) is 4.77. The van der Waals surface area contributed by atoms with E-state index in [4.69, 9.17) is 28.8 Å². The summed E-state index contributed by atoms with van der Waals surface area (Å²) < 4.78 is 27.7. The Morgan fingerprint density at radius 3 is 1.04 bits per heavy atom. The van der Waals surface area contributed by atoms with Gasteiger partial charge in [0.25, 0.3) is 0 Å². The second-order valence-corrected chi connectivity index (χ2v) is 18.2. The summed E-state index contributed by atoms with van der Waals surface area (Å²) in [6.07, 6.45) is -0.529. The molecule has 1 atom stereocenters. The molecular weight excluding hydrogens is 720 g/mol. The molecule has 0 aliphatic carbocycles. The molecule has 0 aromatic heterocycles. The fraction of sp³-hybridized carbons (Fsp3) is 0.816. The number of carbonyl (C=O) groups excluding carboxylic acids is 6. The summed E-state index contributed by atoms with van der Waals surface area (Å²) in [5.74, 6) is -5.36. The summed E-state index contributed by atoms with van der Waals surface area (Å²) >= 11 is 0. The molecule has 0 aromatic rings. The number of aliphatic carboxylic acids is 1. The minimum atomic E-state index is -1.32. The van der Waals surface area contributed by atoms with E-state index in [-0.39, 0.29) is 52.4 Å². The number of hydrogen-bond acceptors (Lipinski definition) is 15. The summed E-state index contributed by atoms with van der Waals surface area (Å²) in [7, 11) is 0. The number of nitrogens with zero attached hydrogens (tertiary/aromatic N) is 3. The van der Waals surface area contributed by atoms with Crippen LogP contribution in [0.1, 0.15) is 110 Å².